The summed E-state index contributed by atoms with van der Waals surface area (Å²) in [6.07, 6.45) is 0.00525. The van der Waals surface area contributed by atoms with Gasteiger partial charge in [-0.25, -0.2) is 8.78 Å². The first-order valence-electron chi connectivity index (χ1n) is 8.88. The molecule has 1 nitrogen and oxygen atoms in total. The van der Waals surface area contributed by atoms with Crippen LogP contribution in [0.4, 0.5) is 22.0 Å². The Morgan fingerprint density at radius 1 is 1.12 bits per heavy atom. The van der Waals surface area contributed by atoms with Crippen molar-refractivity contribution in [3.63, 3.8) is 0 Å². The smallest absolute Gasteiger partial charge is 0.354 e. The lowest BCUT2D eigenvalue weighted by Crippen LogP contribution is -2.45. The minimum Gasteiger partial charge on any atom is -0.354 e. The van der Waals surface area contributed by atoms with E-state index in [4.69, 9.17) is 0 Å². The number of nitrogens with zero attached hydrogens (tertiary/aromatic N) is 1. The third-order valence-corrected chi connectivity index (χ3v) is 5.18. The lowest BCUT2D eigenvalue weighted by atomic mass is 9.89. The Bertz CT molecular complexity index is 658. The number of rotatable bonds is 4. The van der Waals surface area contributed by atoms with Crippen molar-refractivity contribution in [1.82, 2.24) is 4.90 Å². The number of hydrogen-bond acceptors (Lipinski definition) is 1. The molecule has 0 N–H and O–H groups in total. The minimum absolute atomic E-state index is 0.0918. The minimum atomic E-state index is -4.55. The number of hydrogen-bond donors (Lipinski definition) is 0. The third kappa shape index (κ3) is 3.40. The van der Waals surface area contributed by atoms with Crippen molar-refractivity contribution in [1.29, 1.82) is 0 Å². The van der Waals surface area contributed by atoms with E-state index >= 15 is 4.39 Å². The van der Waals surface area contributed by atoms with Crippen LogP contribution >= 0.6 is 0 Å². The summed E-state index contributed by atoms with van der Waals surface area (Å²) in [4.78, 5) is 1.26. The molecular weight excluding hydrogens is 337 g/mol. The van der Waals surface area contributed by atoms with Gasteiger partial charge in [-0.3, -0.25) is 0 Å². The fourth-order valence-electron chi connectivity index (χ4n) is 4.06. The summed E-state index contributed by atoms with van der Waals surface area (Å²) in [6.45, 7) is 1.91. The number of halogens is 5. The first-order valence-corrected chi connectivity index (χ1v) is 8.88. The highest BCUT2D eigenvalue weighted by Gasteiger charge is 2.51. The number of unbranched alkanes of at least 4 members (excludes halogenated alkanes) is 1. The molecule has 0 saturated heterocycles. The molecule has 3 rings (SSSR count). The highest BCUT2D eigenvalue weighted by Crippen LogP contribution is 2.51. The maximum Gasteiger partial charge on any atom is 0.413 e. The molecule has 1 atom stereocenters. The topological polar surface area (TPSA) is 3.24 Å². The van der Waals surface area contributed by atoms with Crippen LogP contribution in [0.3, 0.4) is 0 Å². The molecule has 1 unspecified atom stereocenters. The summed E-state index contributed by atoms with van der Waals surface area (Å²) < 4.78 is 70.6. The van der Waals surface area contributed by atoms with E-state index in [-0.39, 0.29) is 29.3 Å². The molecule has 1 heterocycles. The number of benzene rings is 1. The molecule has 0 aromatic heterocycles. The van der Waals surface area contributed by atoms with Crippen LogP contribution in [-0.4, -0.2) is 17.1 Å². The van der Waals surface area contributed by atoms with Gasteiger partial charge in [0, 0.05) is 11.6 Å². The second-order valence-corrected chi connectivity index (χ2v) is 6.89. The first kappa shape index (κ1) is 18.2. The SMILES string of the molecule is CCCCC1=C(F)c2cc(F)ccc2C(C(F)(F)F)N1C1CCCC1. The van der Waals surface area contributed by atoms with E-state index in [9.17, 15) is 17.6 Å². The molecule has 6 heteroatoms. The lowest BCUT2D eigenvalue weighted by molar-refractivity contribution is -0.188. The molecule has 2 aliphatic rings. The third-order valence-electron chi connectivity index (χ3n) is 5.18. The maximum atomic E-state index is 15.1. The van der Waals surface area contributed by atoms with E-state index in [0.717, 1.165) is 37.5 Å². The Hall–Kier alpha value is -1.59. The molecule has 1 saturated carbocycles. The quantitative estimate of drug-likeness (QED) is 0.554. The zero-order valence-corrected chi connectivity index (χ0v) is 14.2. The van der Waals surface area contributed by atoms with Gasteiger partial charge in [0.15, 0.2) is 6.04 Å². The van der Waals surface area contributed by atoms with Gasteiger partial charge in [-0.05, 0) is 43.4 Å². The molecule has 25 heavy (non-hydrogen) atoms. The zero-order valence-electron chi connectivity index (χ0n) is 14.2. The lowest BCUT2D eigenvalue weighted by Gasteiger charge is -2.44. The standard InChI is InChI=1S/C19H22F5N/c1-2-3-8-16-17(21)15-11-12(20)9-10-14(15)18(19(22,23)24)25(16)13-6-4-5-7-13/h9-11,13,18H,2-8H2,1H3. The van der Waals surface area contributed by atoms with Crippen molar-refractivity contribution < 1.29 is 22.0 Å². The Balaban J connectivity index is 2.18. The monoisotopic (exact) mass is 359 g/mol. The fourth-order valence-corrected chi connectivity index (χ4v) is 4.06. The van der Waals surface area contributed by atoms with Crippen LogP contribution in [0.2, 0.25) is 0 Å². The predicted octanol–water partition coefficient (Wildman–Crippen LogP) is 6.52. The number of allylic oxidation sites excluding steroid dienone is 1. The van der Waals surface area contributed by atoms with E-state index in [1.165, 1.54) is 4.90 Å². The van der Waals surface area contributed by atoms with Crippen LogP contribution in [0.15, 0.2) is 23.9 Å². The highest BCUT2D eigenvalue weighted by molar-refractivity contribution is 5.68. The molecule has 1 aromatic carbocycles. The summed E-state index contributed by atoms with van der Waals surface area (Å²) in [5, 5.41) is 0. The first-order chi connectivity index (χ1) is 11.8. The van der Waals surface area contributed by atoms with Gasteiger partial charge in [0.05, 0.1) is 5.70 Å². The molecule has 1 aliphatic heterocycles. The normalized spacial score (nSPS) is 21.8. The summed E-state index contributed by atoms with van der Waals surface area (Å²) in [6, 6.07) is 0.733. The average Bonchev–Trinajstić information content (AvgIpc) is 3.07. The van der Waals surface area contributed by atoms with E-state index in [1.807, 2.05) is 6.92 Å². The maximum absolute atomic E-state index is 15.1. The largest absolute Gasteiger partial charge is 0.413 e. The summed E-state index contributed by atoms with van der Waals surface area (Å²) in [5.41, 5.74) is -0.338. The molecule has 0 radical (unpaired) electrons. The molecule has 0 bridgehead atoms. The summed E-state index contributed by atoms with van der Waals surface area (Å²) in [5.74, 6) is -1.42. The Morgan fingerprint density at radius 2 is 1.80 bits per heavy atom. The molecule has 138 valence electrons. The second-order valence-electron chi connectivity index (χ2n) is 6.89. The van der Waals surface area contributed by atoms with Gasteiger partial charge in [0.25, 0.3) is 0 Å². The van der Waals surface area contributed by atoms with Gasteiger partial charge in [-0.1, -0.05) is 32.3 Å². The van der Waals surface area contributed by atoms with Crippen LogP contribution in [0.25, 0.3) is 5.83 Å². The second kappa shape index (κ2) is 6.96. The number of alkyl halides is 3. The molecule has 0 amide bonds. The molecule has 1 aromatic rings. The molecule has 1 aliphatic carbocycles. The highest BCUT2D eigenvalue weighted by atomic mass is 19.4. The van der Waals surface area contributed by atoms with E-state index in [1.54, 1.807) is 0 Å². The van der Waals surface area contributed by atoms with Gasteiger partial charge >= 0.3 is 6.18 Å². The van der Waals surface area contributed by atoms with E-state index < -0.39 is 23.9 Å². The Morgan fingerprint density at radius 3 is 2.40 bits per heavy atom. The van der Waals surface area contributed by atoms with Crippen LogP contribution in [-0.2, 0) is 0 Å². The molecular formula is C19H22F5N. The average molecular weight is 359 g/mol. The van der Waals surface area contributed by atoms with Crippen LogP contribution < -0.4 is 0 Å². The summed E-state index contributed by atoms with van der Waals surface area (Å²) in [7, 11) is 0. The van der Waals surface area contributed by atoms with Gasteiger partial charge in [-0.15, -0.1) is 0 Å². The van der Waals surface area contributed by atoms with Crippen LogP contribution in [0.1, 0.15) is 69.0 Å². The Labute approximate surface area is 144 Å². The van der Waals surface area contributed by atoms with Crippen molar-refractivity contribution in [2.75, 3.05) is 0 Å². The van der Waals surface area contributed by atoms with Gasteiger partial charge in [0.1, 0.15) is 11.6 Å². The van der Waals surface area contributed by atoms with Crippen LogP contribution in [0, 0.1) is 5.82 Å². The van der Waals surface area contributed by atoms with Crippen LogP contribution in [0.5, 0.6) is 0 Å². The summed E-state index contributed by atoms with van der Waals surface area (Å²) >= 11 is 0. The van der Waals surface area contributed by atoms with Gasteiger partial charge in [-0.2, -0.15) is 13.2 Å². The predicted molar refractivity (Wildman–Crippen MR) is 86.8 cm³/mol. The zero-order chi connectivity index (χ0) is 18.2. The van der Waals surface area contributed by atoms with Crippen molar-refractivity contribution in [3.05, 3.63) is 40.8 Å². The van der Waals surface area contributed by atoms with Gasteiger partial charge < -0.3 is 4.90 Å². The number of fused-ring (bicyclic) bond motifs is 1. The van der Waals surface area contributed by atoms with E-state index in [0.29, 0.717) is 19.3 Å². The van der Waals surface area contributed by atoms with Gasteiger partial charge in [0.2, 0.25) is 0 Å². The fraction of sp³-hybridized carbons (Fsp3) is 0.579. The van der Waals surface area contributed by atoms with Crippen molar-refractivity contribution >= 4 is 5.83 Å². The van der Waals surface area contributed by atoms with Crippen molar-refractivity contribution in [3.8, 4) is 0 Å². The Kier molecular flexibility index (Phi) is 5.07. The van der Waals surface area contributed by atoms with E-state index in [2.05, 4.69) is 0 Å². The molecule has 1 fully saturated rings. The molecule has 0 spiro atoms. The van der Waals surface area contributed by atoms with Crippen molar-refractivity contribution in [2.24, 2.45) is 0 Å². The van der Waals surface area contributed by atoms with Crippen molar-refractivity contribution in [2.45, 2.75) is 70.1 Å².